The van der Waals surface area contributed by atoms with Gasteiger partial charge in [-0.1, -0.05) is 6.07 Å². The van der Waals surface area contributed by atoms with Gasteiger partial charge in [0.15, 0.2) is 0 Å². The van der Waals surface area contributed by atoms with Crippen LogP contribution in [0.2, 0.25) is 0 Å². The van der Waals surface area contributed by atoms with Gasteiger partial charge in [0.2, 0.25) is 0 Å². The van der Waals surface area contributed by atoms with Crippen molar-refractivity contribution in [3.8, 4) is 0 Å². The predicted octanol–water partition coefficient (Wildman–Crippen LogP) is 4.39. The highest BCUT2D eigenvalue weighted by molar-refractivity contribution is 5.49. The van der Waals surface area contributed by atoms with Crippen molar-refractivity contribution in [2.24, 2.45) is 0 Å². The molecule has 0 atom stereocenters. The first-order valence-corrected chi connectivity index (χ1v) is 6.16. The molecule has 0 spiro atoms. The average molecular weight is 315 g/mol. The van der Waals surface area contributed by atoms with E-state index in [-0.39, 0.29) is 30.8 Å². The lowest BCUT2D eigenvalue weighted by Gasteiger charge is -2.13. The minimum Gasteiger partial charge on any atom is -0.385 e. The Morgan fingerprint density at radius 3 is 2.33 bits per heavy atom. The number of aryl methyl sites for hydroxylation is 1. The van der Waals surface area contributed by atoms with E-state index in [4.69, 9.17) is 0 Å². The van der Waals surface area contributed by atoms with Crippen LogP contribution in [0.5, 0.6) is 0 Å². The van der Waals surface area contributed by atoms with E-state index in [0.29, 0.717) is 0 Å². The maximum Gasteiger partial charge on any atom is 0.416 e. The standard InChI is InChI=1S/C13H15F6NO/c1-9-3-4-10(7-11(9)13(17,18)19)20-5-2-6-21-8-12(14,15)16/h3-4,7,20H,2,5-6,8H2,1H3. The van der Waals surface area contributed by atoms with E-state index in [2.05, 4.69) is 10.1 Å². The maximum absolute atomic E-state index is 12.7. The molecule has 21 heavy (non-hydrogen) atoms. The summed E-state index contributed by atoms with van der Waals surface area (Å²) >= 11 is 0. The smallest absolute Gasteiger partial charge is 0.385 e. The van der Waals surface area contributed by atoms with E-state index < -0.39 is 24.5 Å². The first kappa shape index (κ1) is 17.6. The molecule has 0 unspecified atom stereocenters. The lowest BCUT2D eigenvalue weighted by molar-refractivity contribution is -0.173. The molecule has 0 fully saturated rings. The van der Waals surface area contributed by atoms with E-state index in [1.54, 1.807) is 0 Å². The average Bonchev–Trinajstić information content (AvgIpc) is 2.32. The van der Waals surface area contributed by atoms with Gasteiger partial charge >= 0.3 is 12.4 Å². The number of hydrogen-bond donors (Lipinski definition) is 1. The van der Waals surface area contributed by atoms with Gasteiger partial charge in [-0.05, 0) is 31.0 Å². The molecule has 1 aromatic carbocycles. The highest BCUT2D eigenvalue weighted by Gasteiger charge is 2.32. The van der Waals surface area contributed by atoms with Gasteiger partial charge in [0.1, 0.15) is 6.61 Å². The van der Waals surface area contributed by atoms with Gasteiger partial charge in [-0.15, -0.1) is 0 Å². The Morgan fingerprint density at radius 2 is 1.76 bits per heavy atom. The summed E-state index contributed by atoms with van der Waals surface area (Å²) in [5, 5.41) is 2.72. The molecule has 2 nitrogen and oxygen atoms in total. The summed E-state index contributed by atoms with van der Waals surface area (Å²) in [5.41, 5.74) is -0.355. The van der Waals surface area contributed by atoms with Gasteiger partial charge in [-0.2, -0.15) is 26.3 Å². The number of benzene rings is 1. The predicted molar refractivity (Wildman–Crippen MR) is 66.2 cm³/mol. The van der Waals surface area contributed by atoms with Gasteiger partial charge in [-0.25, -0.2) is 0 Å². The molecule has 1 N–H and O–H groups in total. The molecule has 0 saturated heterocycles. The fourth-order valence-corrected chi connectivity index (χ4v) is 1.63. The fourth-order valence-electron chi connectivity index (χ4n) is 1.63. The molecule has 0 amide bonds. The molecular formula is C13H15F6NO. The van der Waals surface area contributed by atoms with Crippen LogP contribution in [0.15, 0.2) is 18.2 Å². The summed E-state index contributed by atoms with van der Waals surface area (Å²) < 4.78 is 77.7. The Hall–Kier alpha value is -1.44. The maximum atomic E-state index is 12.7. The summed E-state index contributed by atoms with van der Waals surface area (Å²) in [5.74, 6) is 0. The Morgan fingerprint density at radius 1 is 1.10 bits per heavy atom. The van der Waals surface area contributed by atoms with Crippen molar-refractivity contribution in [3.05, 3.63) is 29.3 Å². The van der Waals surface area contributed by atoms with Crippen molar-refractivity contribution in [2.75, 3.05) is 25.1 Å². The second-order valence-corrected chi connectivity index (χ2v) is 4.48. The zero-order chi connectivity index (χ0) is 16.1. The van der Waals surface area contributed by atoms with Crippen LogP contribution >= 0.6 is 0 Å². The molecule has 0 aliphatic heterocycles. The Balaban J connectivity index is 2.40. The number of nitrogens with one attached hydrogen (secondary N) is 1. The number of ether oxygens (including phenoxy) is 1. The second-order valence-electron chi connectivity index (χ2n) is 4.48. The van der Waals surface area contributed by atoms with Crippen molar-refractivity contribution in [1.29, 1.82) is 0 Å². The highest BCUT2D eigenvalue weighted by atomic mass is 19.4. The third-order valence-corrected chi connectivity index (χ3v) is 2.60. The Labute approximate surface area is 118 Å². The fraction of sp³-hybridized carbons (Fsp3) is 0.538. The van der Waals surface area contributed by atoms with Crippen LogP contribution in [-0.2, 0) is 10.9 Å². The van der Waals surface area contributed by atoms with Crippen LogP contribution < -0.4 is 5.32 Å². The summed E-state index contributed by atoms with van der Waals surface area (Å²) in [6.07, 6.45) is -8.55. The minimum absolute atomic E-state index is 0.113. The molecule has 1 aromatic rings. The Bertz CT molecular complexity index is 455. The van der Waals surface area contributed by atoms with E-state index in [9.17, 15) is 26.3 Å². The number of halogens is 6. The quantitative estimate of drug-likeness (QED) is 0.621. The molecule has 8 heteroatoms. The number of alkyl halides is 6. The molecule has 0 radical (unpaired) electrons. The molecular weight excluding hydrogens is 300 g/mol. The van der Waals surface area contributed by atoms with Crippen LogP contribution in [0.25, 0.3) is 0 Å². The zero-order valence-corrected chi connectivity index (χ0v) is 11.2. The number of rotatable bonds is 6. The van der Waals surface area contributed by atoms with Crippen LogP contribution in [0.3, 0.4) is 0 Å². The van der Waals surface area contributed by atoms with Gasteiger partial charge in [0.05, 0.1) is 5.56 Å². The normalized spacial score (nSPS) is 12.5. The van der Waals surface area contributed by atoms with Crippen LogP contribution in [0, 0.1) is 6.92 Å². The molecule has 0 aliphatic rings. The van der Waals surface area contributed by atoms with Crippen LogP contribution in [0.4, 0.5) is 32.0 Å². The van der Waals surface area contributed by atoms with Gasteiger partial charge < -0.3 is 10.1 Å². The third-order valence-electron chi connectivity index (χ3n) is 2.60. The number of anilines is 1. The first-order chi connectivity index (χ1) is 9.59. The third kappa shape index (κ3) is 6.70. The molecule has 0 bridgehead atoms. The van der Waals surface area contributed by atoms with E-state index in [0.717, 1.165) is 6.07 Å². The van der Waals surface area contributed by atoms with Gasteiger partial charge in [0, 0.05) is 18.8 Å². The second kappa shape index (κ2) is 7.02. The molecule has 0 aromatic heterocycles. The molecule has 120 valence electrons. The molecule has 0 aliphatic carbocycles. The van der Waals surface area contributed by atoms with Crippen LogP contribution in [0.1, 0.15) is 17.5 Å². The molecule has 0 heterocycles. The van der Waals surface area contributed by atoms with Crippen molar-refractivity contribution < 1.29 is 31.1 Å². The monoisotopic (exact) mass is 315 g/mol. The summed E-state index contributed by atoms with van der Waals surface area (Å²) in [4.78, 5) is 0. The summed E-state index contributed by atoms with van der Waals surface area (Å²) in [6, 6.07) is 3.80. The largest absolute Gasteiger partial charge is 0.416 e. The highest BCUT2D eigenvalue weighted by Crippen LogP contribution is 2.33. The van der Waals surface area contributed by atoms with Crippen molar-refractivity contribution in [1.82, 2.24) is 0 Å². The zero-order valence-electron chi connectivity index (χ0n) is 11.2. The minimum atomic E-state index is -4.43. The summed E-state index contributed by atoms with van der Waals surface area (Å²) in [7, 11) is 0. The van der Waals surface area contributed by atoms with Gasteiger partial charge in [0.25, 0.3) is 0 Å². The van der Waals surface area contributed by atoms with Gasteiger partial charge in [-0.3, -0.25) is 0 Å². The van der Waals surface area contributed by atoms with Crippen molar-refractivity contribution >= 4 is 5.69 Å². The molecule has 0 saturated carbocycles. The van der Waals surface area contributed by atoms with Crippen molar-refractivity contribution in [2.45, 2.75) is 25.7 Å². The van der Waals surface area contributed by atoms with E-state index in [1.807, 2.05) is 0 Å². The lowest BCUT2D eigenvalue weighted by Crippen LogP contribution is -2.18. The van der Waals surface area contributed by atoms with Crippen molar-refractivity contribution in [3.63, 3.8) is 0 Å². The SMILES string of the molecule is Cc1ccc(NCCCOCC(F)(F)F)cc1C(F)(F)F. The Kier molecular flexibility index (Phi) is 5.88. The summed E-state index contributed by atoms with van der Waals surface area (Å²) in [6.45, 7) is 0.135. The first-order valence-electron chi connectivity index (χ1n) is 6.16. The lowest BCUT2D eigenvalue weighted by atomic mass is 10.1. The van der Waals surface area contributed by atoms with Crippen LogP contribution in [-0.4, -0.2) is 25.9 Å². The topological polar surface area (TPSA) is 21.3 Å². The number of hydrogen-bond acceptors (Lipinski definition) is 2. The van der Waals surface area contributed by atoms with E-state index in [1.165, 1.54) is 19.1 Å². The van der Waals surface area contributed by atoms with E-state index >= 15 is 0 Å². The molecule has 1 rings (SSSR count).